The van der Waals surface area contributed by atoms with Crippen molar-refractivity contribution in [3.63, 3.8) is 0 Å². The van der Waals surface area contributed by atoms with E-state index in [2.05, 4.69) is 20.2 Å². The molecular formula is C20H29N5O2. The zero-order chi connectivity index (χ0) is 18.9. The molecule has 2 aliphatic heterocycles. The zero-order valence-corrected chi connectivity index (χ0v) is 16.1. The maximum absolute atomic E-state index is 13.3. The Morgan fingerprint density at radius 2 is 2.04 bits per heavy atom. The van der Waals surface area contributed by atoms with Crippen molar-refractivity contribution in [2.24, 2.45) is 17.3 Å². The van der Waals surface area contributed by atoms with Gasteiger partial charge in [-0.15, -0.1) is 0 Å². The van der Waals surface area contributed by atoms with Crippen molar-refractivity contribution in [2.45, 2.75) is 39.0 Å². The third-order valence-corrected chi connectivity index (χ3v) is 6.38. The summed E-state index contributed by atoms with van der Waals surface area (Å²) in [6.45, 7) is 5.44. The van der Waals surface area contributed by atoms with Crippen LogP contribution in [0.3, 0.4) is 0 Å². The van der Waals surface area contributed by atoms with Crippen molar-refractivity contribution in [2.75, 3.05) is 37.6 Å². The highest BCUT2D eigenvalue weighted by Crippen LogP contribution is 2.44. The van der Waals surface area contributed by atoms with Crippen molar-refractivity contribution >= 4 is 17.8 Å². The number of hydrogen-bond acceptors (Lipinski definition) is 5. The van der Waals surface area contributed by atoms with E-state index < -0.39 is 5.41 Å². The molecule has 2 atom stereocenters. The average molecular weight is 371 g/mol. The van der Waals surface area contributed by atoms with Crippen LogP contribution in [0.5, 0.6) is 0 Å². The van der Waals surface area contributed by atoms with Crippen molar-refractivity contribution in [1.29, 1.82) is 0 Å². The number of hydrogen-bond donors (Lipinski definition) is 1. The maximum Gasteiger partial charge on any atom is 0.228 e. The molecule has 3 heterocycles. The quantitative estimate of drug-likeness (QED) is 0.848. The molecule has 2 amide bonds. The molecule has 146 valence electrons. The fourth-order valence-electron chi connectivity index (χ4n) is 4.60. The highest BCUT2D eigenvalue weighted by Gasteiger charge is 2.54. The molecule has 3 fully saturated rings. The Morgan fingerprint density at radius 1 is 1.26 bits per heavy atom. The lowest BCUT2D eigenvalue weighted by Crippen LogP contribution is -2.48. The molecule has 1 aliphatic carbocycles. The van der Waals surface area contributed by atoms with Crippen LogP contribution in [0.15, 0.2) is 18.5 Å². The number of carbonyl (C=O) groups is 2. The third-order valence-electron chi connectivity index (χ3n) is 6.38. The van der Waals surface area contributed by atoms with Gasteiger partial charge >= 0.3 is 0 Å². The summed E-state index contributed by atoms with van der Waals surface area (Å²) in [4.78, 5) is 38.5. The predicted octanol–water partition coefficient (Wildman–Crippen LogP) is 1.46. The van der Waals surface area contributed by atoms with Gasteiger partial charge in [-0.05, 0) is 37.7 Å². The molecular weight excluding hydrogens is 342 g/mol. The first-order chi connectivity index (χ1) is 13.1. The standard InChI is InChI=1S/C20H29N5O2/c1-2-17(26)24-10-3-7-20(18(27)23-11-15-5-6-15)14-25(13-16(20)12-24)19-21-8-4-9-22-19/h4,8-9,15-16H,2-3,5-7,10-14H2,1H3,(H,23,27)/t16-,20-/m1/s1. The molecule has 0 bridgehead atoms. The van der Waals surface area contributed by atoms with Gasteiger partial charge in [-0.1, -0.05) is 6.92 Å². The summed E-state index contributed by atoms with van der Waals surface area (Å²) >= 11 is 0. The van der Waals surface area contributed by atoms with E-state index in [9.17, 15) is 9.59 Å². The van der Waals surface area contributed by atoms with Crippen molar-refractivity contribution in [3.05, 3.63) is 18.5 Å². The number of carbonyl (C=O) groups excluding carboxylic acids is 2. The monoisotopic (exact) mass is 371 g/mol. The number of nitrogens with one attached hydrogen (secondary N) is 1. The SMILES string of the molecule is CCC(=O)N1CCC[C@@]2(C(=O)NCC3CC3)CN(c3ncccn3)C[C@H]2C1. The highest BCUT2D eigenvalue weighted by atomic mass is 16.2. The Hall–Kier alpha value is -2.18. The van der Waals surface area contributed by atoms with Crippen LogP contribution in [0.2, 0.25) is 0 Å². The van der Waals surface area contributed by atoms with E-state index in [4.69, 9.17) is 0 Å². The molecule has 1 saturated carbocycles. The van der Waals surface area contributed by atoms with E-state index in [1.807, 2.05) is 11.8 Å². The molecule has 7 heteroatoms. The van der Waals surface area contributed by atoms with E-state index in [0.717, 1.165) is 25.9 Å². The summed E-state index contributed by atoms with van der Waals surface area (Å²) in [6.07, 6.45) is 8.11. The van der Waals surface area contributed by atoms with Gasteiger partial charge in [0.15, 0.2) is 0 Å². The van der Waals surface area contributed by atoms with Crippen LogP contribution in [0.25, 0.3) is 0 Å². The average Bonchev–Trinajstić information content (AvgIpc) is 3.49. The molecule has 3 aliphatic rings. The molecule has 0 unspecified atom stereocenters. The van der Waals surface area contributed by atoms with Gasteiger partial charge in [0.25, 0.3) is 0 Å². The summed E-state index contributed by atoms with van der Waals surface area (Å²) in [5.74, 6) is 1.77. The second-order valence-electron chi connectivity index (χ2n) is 8.23. The fraction of sp³-hybridized carbons (Fsp3) is 0.700. The molecule has 27 heavy (non-hydrogen) atoms. The van der Waals surface area contributed by atoms with Gasteiger partial charge in [0.1, 0.15) is 0 Å². The van der Waals surface area contributed by atoms with Gasteiger partial charge in [-0.25, -0.2) is 9.97 Å². The number of fused-ring (bicyclic) bond motifs is 1. The van der Waals surface area contributed by atoms with Gasteiger partial charge in [-0.2, -0.15) is 0 Å². The highest BCUT2D eigenvalue weighted by molar-refractivity contribution is 5.85. The second kappa shape index (κ2) is 7.44. The minimum absolute atomic E-state index is 0.110. The van der Waals surface area contributed by atoms with E-state index in [-0.39, 0.29) is 17.7 Å². The Kier molecular flexibility index (Phi) is 5.02. The number of nitrogens with zero attached hydrogens (tertiary/aromatic N) is 4. The first kappa shape index (κ1) is 18.2. The lowest BCUT2D eigenvalue weighted by molar-refractivity contribution is -0.135. The van der Waals surface area contributed by atoms with E-state index >= 15 is 0 Å². The number of amides is 2. The third kappa shape index (κ3) is 3.64. The first-order valence-corrected chi connectivity index (χ1v) is 10.2. The van der Waals surface area contributed by atoms with Gasteiger partial charge in [0.05, 0.1) is 5.41 Å². The van der Waals surface area contributed by atoms with Gasteiger partial charge in [0, 0.05) is 57.5 Å². The van der Waals surface area contributed by atoms with Gasteiger partial charge in [-0.3, -0.25) is 9.59 Å². The molecule has 2 saturated heterocycles. The maximum atomic E-state index is 13.3. The molecule has 1 aromatic rings. The normalized spacial score (nSPS) is 27.8. The topological polar surface area (TPSA) is 78.4 Å². The Morgan fingerprint density at radius 3 is 2.74 bits per heavy atom. The van der Waals surface area contributed by atoms with Crippen LogP contribution in [0, 0.1) is 17.3 Å². The van der Waals surface area contributed by atoms with Crippen molar-refractivity contribution in [1.82, 2.24) is 20.2 Å². The molecule has 0 spiro atoms. The second-order valence-corrected chi connectivity index (χ2v) is 8.23. The summed E-state index contributed by atoms with van der Waals surface area (Å²) in [5.41, 5.74) is -0.461. The van der Waals surface area contributed by atoms with E-state index in [1.54, 1.807) is 18.5 Å². The zero-order valence-electron chi connectivity index (χ0n) is 16.1. The van der Waals surface area contributed by atoms with Crippen LogP contribution in [-0.2, 0) is 9.59 Å². The Bertz CT molecular complexity index is 693. The van der Waals surface area contributed by atoms with Crippen LogP contribution < -0.4 is 10.2 Å². The lowest BCUT2D eigenvalue weighted by atomic mass is 9.74. The number of aromatic nitrogens is 2. The van der Waals surface area contributed by atoms with Crippen LogP contribution in [0.4, 0.5) is 5.95 Å². The van der Waals surface area contributed by atoms with Crippen molar-refractivity contribution in [3.8, 4) is 0 Å². The predicted molar refractivity (Wildman–Crippen MR) is 102 cm³/mol. The van der Waals surface area contributed by atoms with E-state index in [0.29, 0.717) is 37.9 Å². The minimum atomic E-state index is -0.461. The number of anilines is 1. The van der Waals surface area contributed by atoms with Crippen LogP contribution in [0.1, 0.15) is 39.0 Å². The Labute approximate surface area is 160 Å². The van der Waals surface area contributed by atoms with Crippen LogP contribution >= 0.6 is 0 Å². The number of rotatable bonds is 5. The van der Waals surface area contributed by atoms with E-state index in [1.165, 1.54) is 12.8 Å². The van der Waals surface area contributed by atoms with Gasteiger partial charge < -0.3 is 15.1 Å². The molecule has 1 aromatic heterocycles. The molecule has 1 N–H and O–H groups in total. The fourth-order valence-corrected chi connectivity index (χ4v) is 4.60. The minimum Gasteiger partial charge on any atom is -0.355 e. The molecule has 7 nitrogen and oxygen atoms in total. The van der Waals surface area contributed by atoms with Gasteiger partial charge in [0.2, 0.25) is 17.8 Å². The summed E-state index contributed by atoms with van der Waals surface area (Å²) in [5, 5.41) is 3.22. The largest absolute Gasteiger partial charge is 0.355 e. The molecule has 0 aromatic carbocycles. The smallest absolute Gasteiger partial charge is 0.228 e. The van der Waals surface area contributed by atoms with Crippen LogP contribution in [-0.4, -0.2) is 59.4 Å². The number of likely N-dealkylation sites (tertiary alicyclic amines) is 1. The Balaban J connectivity index is 1.58. The summed E-state index contributed by atoms with van der Waals surface area (Å²) in [7, 11) is 0. The molecule has 0 radical (unpaired) electrons. The summed E-state index contributed by atoms with van der Waals surface area (Å²) < 4.78 is 0. The summed E-state index contributed by atoms with van der Waals surface area (Å²) in [6, 6.07) is 1.80. The first-order valence-electron chi connectivity index (χ1n) is 10.2. The molecule has 4 rings (SSSR count). The lowest BCUT2D eigenvalue weighted by Gasteiger charge is -2.32. The van der Waals surface area contributed by atoms with Crippen molar-refractivity contribution < 1.29 is 9.59 Å².